The van der Waals surface area contributed by atoms with Gasteiger partial charge in [0.25, 0.3) is 0 Å². The molecule has 1 heterocycles. The number of carbonyl (C=O) groups is 1. The molecule has 80 valence electrons. The van der Waals surface area contributed by atoms with Crippen LogP contribution in [0.15, 0.2) is 24.3 Å². The number of rotatable bonds is 3. The summed E-state index contributed by atoms with van der Waals surface area (Å²) in [4.78, 5) is 10.5. The molecule has 0 radical (unpaired) electrons. The van der Waals surface area contributed by atoms with Crippen molar-refractivity contribution in [2.75, 3.05) is 11.5 Å². The van der Waals surface area contributed by atoms with Crippen LogP contribution < -0.4 is 0 Å². The molecule has 1 aromatic rings. The third-order valence-corrected chi connectivity index (χ3v) is 4.18. The van der Waals surface area contributed by atoms with Crippen LogP contribution in [0.25, 0.3) is 0 Å². The van der Waals surface area contributed by atoms with Gasteiger partial charge in [-0.05, 0) is 42.2 Å². The Bertz CT molecular complexity index is 312. The fraction of sp³-hybridized carbons (Fsp3) is 0.462. The summed E-state index contributed by atoms with van der Waals surface area (Å²) in [7, 11) is 0. The van der Waals surface area contributed by atoms with E-state index >= 15 is 0 Å². The normalized spacial score (nSPS) is 21.2. The van der Waals surface area contributed by atoms with Crippen molar-refractivity contribution in [3.63, 3.8) is 0 Å². The minimum Gasteiger partial charge on any atom is -0.298 e. The molecule has 1 aliphatic heterocycles. The van der Waals surface area contributed by atoms with Gasteiger partial charge in [-0.1, -0.05) is 24.3 Å². The van der Waals surface area contributed by atoms with Gasteiger partial charge in [-0.25, -0.2) is 0 Å². The maximum Gasteiger partial charge on any atom is 0.150 e. The molecule has 15 heavy (non-hydrogen) atoms. The first kappa shape index (κ1) is 10.7. The van der Waals surface area contributed by atoms with Gasteiger partial charge in [0, 0.05) is 5.56 Å². The summed E-state index contributed by atoms with van der Waals surface area (Å²) in [6.07, 6.45) is 4.80. The summed E-state index contributed by atoms with van der Waals surface area (Å²) in [5.74, 6) is 3.47. The fourth-order valence-corrected chi connectivity index (χ4v) is 3.19. The van der Waals surface area contributed by atoms with Crippen LogP contribution in [0.2, 0.25) is 0 Å². The zero-order valence-corrected chi connectivity index (χ0v) is 9.63. The van der Waals surface area contributed by atoms with E-state index in [0.717, 1.165) is 17.8 Å². The van der Waals surface area contributed by atoms with Gasteiger partial charge in [-0.15, -0.1) is 0 Å². The molecule has 1 aromatic carbocycles. The lowest BCUT2D eigenvalue weighted by atomic mass is 9.96. The minimum absolute atomic E-state index is 0.775. The predicted octanol–water partition coefficient (Wildman–Crippen LogP) is 3.18. The van der Waals surface area contributed by atoms with Crippen LogP contribution in [-0.4, -0.2) is 17.8 Å². The van der Waals surface area contributed by atoms with Crippen molar-refractivity contribution in [3.8, 4) is 0 Å². The van der Waals surface area contributed by atoms with Gasteiger partial charge >= 0.3 is 0 Å². The fourth-order valence-electron chi connectivity index (χ4n) is 2.03. The average molecular weight is 220 g/mol. The van der Waals surface area contributed by atoms with E-state index in [1.165, 1.54) is 36.3 Å². The Kier molecular flexibility index (Phi) is 3.84. The number of benzene rings is 1. The number of hydrogen-bond donors (Lipinski definition) is 0. The molecule has 1 nitrogen and oxygen atoms in total. The second-order valence-corrected chi connectivity index (χ2v) is 5.30. The highest BCUT2D eigenvalue weighted by atomic mass is 32.2. The van der Waals surface area contributed by atoms with Gasteiger partial charge in [-0.3, -0.25) is 4.79 Å². The van der Waals surface area contributed by atoms with Crippen LogP contribution in [0.3, 0.4) is 0 Å². The molecule has 0 aliphatic carbocycles. The minimum atomic E-state index is 0.775. The molecule has 1 saturated heterocycles. The topological polar surface area (TPSA) is 17.1 Å². The van der Waals surface area contributed by atoms with Crippen molar-refractivity contribution in [2.24, 2.45) is 5.92 Å². The lowest BCUT2D eigenvalue weighted by molar-refractivity contribution is 0.112. The predicted molar refractivity (Wildman–Crippen MR) is 65.6 cm³/mol. The lowest BCUT2D eigenvalue weighted by Gasteiger charge is -2.21. The Morgan fingerprint density at radius 1 is 1.33 bits per heavy atom. The lowest BCUT2D eigenvalue weighted by Crippen LogP contribution is -2.13. The molecule has 0 N–H and O–H groups in total. The largest absolute Gasteiger partial charge is 0.298 e. The second kappa shape index (κ2) is 5.36. The van der Waals surface area contributed by atoms with Crippen LogP contribution in [0.5, 0.6) is 0 Å². The first-order chi connectivity index (χ1) is 7.38. The van der Waals surface area contributed by atoms with Crippen molar-refractivity contribution < 1.29 is 4.79 Å². The monoisotopic (exact) mass is 220 g/mol. The number of thioether (sulfide) groups is 1. The molecule has 0 aromatic heterocycles. The van der Waals surface area contributed by atoms with Crippen LogP contribution in [0.4, 0.5) is 0 Å². The van der Waals surface area contributed by atoms with E-state index in [1.54, 1.807) is 0 Å². The maximum atomic E-state index is 10.5. The van der Waals surface area contributed by atoms with E-state index in [1.807, 2.05) is 12.1 Å². The molecule has 0 amide bonds. The zero-order valence-electron chi connectivity index (χ0n) is 8.82. The third kappa shape index (κ3) is 3.10. The molecule has 0 bridgehead atoms. The summed E-state index contributed by atoms with van der Waals surface area (Å²) in [5.41, 5.74) is 2.14. The van der Waals surface area contributed by atoms with E-state index in [9.17, 15) is 4.79 Å². The quantitative estimate of drug-likeness (QED) is 0.728. The van der Waals surface area contributed by atoms with Gasteiger partial charge in [-0.2, -0.15) is 11.8 Å². The molecular weight excluding hydrogens is 204 g/mol. The van der Waals surface area contributed by atoms with Crippen LogP contribution in [0.1, 0.15) is 28.8 Å². The number of carbonyl (C=O) groups excluding carboxylic acids is 1. The van der Waals surface area contributed by atoms with Gasteiger partial charge < -0.3 is 0 Å². The Labute approximate surface area is 95.3 Å². The molecule has 1 fully saturated rings. The molecule has 0 spiro atoms. The highest BCUT2D eigenvalue weighted by Crippen LogP contribution is 2.25. The number of hydrogen-bond acceptors (Lipinski definition) is 2. The molecule has 1 aliphatic rings. The van der Waals surface area contributed by atoms with Crippen molar-refractivity contribution in [1.29, 1.82) is 0 Å². The van der Waals surface area contributed by atoms with E-state index < -0.39 is 0 Å². The molecule has 2 rings (SSSR count). The number of aldehydes is 1. The van der Waals surface area contributed by atoms with Gasteiger partial charge in [0.2, 0.25) is 0 Å². The van der Waals surface area contributed by atoms with Crippen LogP contribution in [0, 0.1) is 5.92 Å². The summed E-state index contributed by atoms with van der Waals surface area (Å²) >= 11 is 2.07. The van der Waals surface area contributed by atoms with Gasteiger partial charge in [0.1, 0.15) is 6.29 Å². The van der Waals surface area contributed by atoms with Gasteiger partial charge in [0.15, 0.2) is 0 Å². The van der Waals surface area contributed by atoms with Gasteiger partial charge in [0.05, 0.1) is 0 Å². The van der Waals surface area contributed by atoms with Crippen molar-refractivity contribution in [2.45, 2.75) is 19.3 Å². The van der Waals surface area contributed by atoms with Crippen molar-refractivity contribution >= 4 is 18.0 Å². The van der Waals surface area contributed by atoms with Crippen molar-refractivity contribution in [1.82, 2.24) is 0 Å². The molecule has 1 unspecified atom stereocenters. The summed E-state index contributed by atoms with van der Waals surface area (Å²) < 4.78 is 0. The maximum absolute atomic E-state index is 10.5. The summed E-state index contributed by atoms with van der Waals surface area (Å²) in [6, 6.07) is 8.00. The second-order valence-electron chi connectivity index (χ2n) is 4.15. The molecular formula is C13H16OS. The molecule has 2 heteroatoms. The smallest absolute Gasteiger partial charge is 0.150 e. The van der Waals surface area contributed by atoms with E-state index in [-0.39, 0.29) is 0 Å². The Balaban J connectivity index is 1.94. The molecule has 0 saturated carbocycles. The van der Waals surface area contributed by atoms with Crippen LogP contribution in [-0.2, 0) is 6.42 Å². The van der Waals surface area contributed by atoms with Crippen molar-refractivity contribution in [3.05, 3.63) is 35.4 Å². The van der Waals surface area contributed by atoms with E-state index in [0.29, 0.717) is 0 Å². The standard InChI is InChI=1S/C13H16OS/c14-9-12-5-3-11(4-6-12)8-13-2-1-7-15-10-13/h3-6,9,13H,1-2,7-8,10H2. The highest BCUT2D eigenvalue weighted by molar-refractivity contribution is 7.99. The Morgan fingerprint density at radius 2 is 2.13 bits per heavy atom. The average Bonchev–Trinajstić information content (AvgIpc) is 2.31. The molecule has 1 atom stereocenters. The first-order valence-corrected chi connectivity index (χ1v) is 6.66. The summed E-state index contributed by atoms with van der Waals surface area (Å²) in [6.45, 7) is 0. The Morgan fingerprint density at radius 3 is 2.73 bits per heavy atom. The highest BCUT2D eigenvalue weighted by Gasteiger charge is 2.13. The first-order valence-electron chi connectivity index (χ1n) is 5.50. The van der Waals surface area contributed by atoms with E-state index in [4.69, 9.17) is 0 Å². The SMILES string of the molecule is O=Cc1ccc(CC2CCCSC2)cc1. The summed E-state index contributed by atoms with van der Waals surface area (Å²) in [5, 5.41) is 0. The Hall–Kier alpha value is -0.760. The van der Waals surface area contributed by atoms with E-state index in [2.05, 4.69) is 23.9 Å². The van der Waals surface area contributed by atoms with Crippen LogP contribution >= 0.6 is 11.8 Å². The zero-order chi connectivity index (χ0) is 10.5. The third-order valence-electron chi connectivity index (χ3n) is 2.89.